The third-order valence-corrected chi connectivity index (χ3v) is 3.16. The number of halogens is 3. The number of nitrogens with zero attached hydrogens (tertiary/aromatic N) is 2. The molecule has 0 unspecified atom stereocenters. The molecule has 1 aromatic heterocycles. The zero-order valence-electron chi connectivity index (χ0n) is 11.1. The van der Waals surface area contributed by atoms with Crippen LogP contribution in [0.4, 0.5) is 14.6 Å². The number of nitrogens with one attached hydrogen (secondary N) is 1. The van der Waals surface area contributed by atoms with Crippen LogP contribution in [0, 0.1) is 11.6 Å². The summed E-state index contributed by atoms with van der Waals surface area (Å²) in [5, 5.41) is 3.47. The van der Waals surface area contributed by atoms with E-state index in [1.54, 1.807) is 0 Å². The number of anilines is 1. The van der Waals surface area contributed by atoms with E-state index in [0.717, 1.165) is 17.7 Å². The largest absolute Gasteiger partial charge is 0.366 e. The van der Waals surface area contributed by atoms with Crippen LogP contribution < -0.4 is 5.32 Å². The van der Waals surface area contributed by atoms with Crippen molar-refractivity contribution in [1.29, 1.82) is 0 Å². The minimum atomic E-state index is -0.867. The molecule has 2 aromatic rings. The topological polar surface area (TPSA) is 37.8 Å². The Morgan fingerprint density at radius 1 is 1.20 bits per heavy atom. The van der Waals surface area contributed by atoms with Gasteiger partial charge in [0.15, 0.2) is 11.6 Å². The number of aromatic nitrogens is 2. The molecule has 1 aromatic carbocycles. The van der Waals surface area contributed by atoms with Gasteiger partial charge in [0.25, 0.3) is 0 Å². The summed E-state index contributed by atoms with van der Waals surface area (Å²) in [7, 11) is 0. The van der Waals surface area contributed by atoms with Crippen LogP contribution in [0.25, 0.3) is 0 Å². The molecular weight excluding hydrogens is 284 g/mol. The summed E-state index contributed by atoms with van der Waals surface area (Å²) in [6, 6.07) is 3.77. The molecule has 0 spiro atoms. The Balaban J connectivity index is 2.18. The second kappa shape index (κ2) is 6.13. The Morgan fingerprint density at radius 2 is 1.95 bits per heavy atom. The van der Waals surface area contributed by atoms with E-state index in [4.69, 9.17) is 11.6 Å². The fourth-order valence-electron chi connectivity index (χ4n) is 1.86. The molecule has 20 heavy (non-hydrogen) atoms. The smallest absolute Gasteiger partial charge is 0.159 e. The van der Waals surface area contributed by atoms with Gasteiger partial charge in [-0.15, -0.1) is 0 Å². The minimum absolute atomic E-state index is 0.149. The Hall–Kier alpha value is -1.75. The lowest BCUT2D eigenvalue weighted by molar-refractivity contribution is 0.507. The number of benzene rings is 1. The van der Waals surface area contributed by atoms with E-state index in [2.05, 4.69) is 15.3 Å². The number of rotatable bonds is 4. The molecule has 0 atom stereocenters. The van der Waals surface area contributed by atoms with Crippen LogP contribution >= 0.6 is 11.6 Å². The molecule has 106 valence electrons. The molecule has 0 aliphatic carbocycles. The molecule has 0 bridgehead atoms. The monoisotopic (exact) mass is 297 g/mol. The van der Waals surface area contributed by atoms with Gasteiger partial charge in [0.1, 0.15) is 17.3 Å². The van der Waals surface area contributed by atoms with Crippen LogP contribution in [0.1, 0.15) is 30.9 Å². The van der Waals surface area contributed by atoms with Gasteiger partial charge in [-0.1, -0.05) is 31.5 Å². The Bertz CT molecular complexity index is 617. The molecule has 1 N–H and O–H groups in total. The van der Waals surface area contributed by atoms with E-state index in [9.17, 15) is 8.78 Å². The maximum Gasteiger partial charge on any atom is 0.159 e. The third kappa shape index (κ3) is 3.22. The zero-order chi connectivity index (χ0) is 14.7. The van der Waals surface area contributed by atoms with Gasteiger partial charge in [-0.3, -0.25) is 0 Å². The molecule has 6 heteroatoms. The summed E-state index contributed by atoms with van der Waals surface area (Å²) in [6.45, 7) is 4.28. The van der Waals surface area contributed by atoms with Gasteiger partial charge < -0.3 is 5.32 Å². The van der Waals surface area contributed by atoms with Crippen LogP contribution in [0.2, 0.25) is 5.15 Å². The predicted molar refractivity (Wildman–Crippen MR) is 74.8 cm³/mol. The first-order valence-electron chi connectivity index (χ1n) is 6.17. The van der Waals surface area contributed by atoms with Gasteiger partial charge >= 0.3 is 0 Å². The Labute approximate surface area is 121 Å². The average Bonchev–Trinajstić information content (AvgIpc) is 2.39. The maximum atomic E-state index is 13.1. The standard InChI is InChI=1S/C14H14ClF2N3/c1-8(2)12-13(15)19-7-20-14(12)18-6-9-3-4-10(16)11(17)5-9/h3-5,7-8H,6H2,1-2H3,(H,18,19,20). The summed E-state index contributed by atoms with van der Waals surface area (Å²) in [6.07, 6.45) is 1.36. The highest BCUT2D eigenvalue weighted by atomic mass is 35.5. The molecule has 1 heterocycles. The Morgan fingerprint density at radius 3 is 2.60 bits per heavy atom. The maximum absolute atomic E-state index is 13.1. The first-order valence-corrected chi connectivity index (χ1v) is 6.55. The lowest BCUT2D eigenvalue weighted by atomic mass is 10.1. The van der Waals surface area contributed by atoms with E-state index in [-0.39, 0.29) is 5.92 Å². The lowest BCUT2D eigenvalue weighted by Crippen LogP contribution is -2.07. The summed E-state index contributed by atoms with van der Waals surface area (Å²) in [5.74, 6) is -0.975. The molecule has 0 aliphatic heterocycles. The quantitative estimate of drug-likeness (QED) is 0.862. The van der Waals surface area contributed by atoms with Crippen molar-refractivity contribution in [2.24, 2.45) is 0 Å². The molecule has 0 radical (unpaired) electrons. The number of hydrogen-bond donors (Lipinski definition) is 1. The molecule has 2 rings (SSSR count). The van der Waals surface area contributed by atoms with E-state index in [1.807, 2.05) is 13.8 Å². The van der Waals surface area contributed by atoms with E-state index in [1.165, 1.54) is 12.4 Å². The Kier molecular flexibility index (Phi) is 4.49. The van der Waals surface area contributed by atoms with Crippen molar-refractivity contribution in [3.63, 3.8) is 0 Å². The fraction of sp³-hybridized carbons (Fsp3) is 0.286. The molecule has 0 saturated carbocycles. The van der Waals surface area contributed by atoms with Gasteiger partial charge in [0, 0.05) is 12.1 Å². The van der Waals surface area contributed by atoms with Crippen LogP contribution in [-0.2, 0) is 6.54 Å². The highest BCUT2D eigenvalue weighted by Crippen LogP contribution is 2.28. The lowest BCUT2D eigenvalue weighted by Gasteiger charge is -2.14. The van der Waals surface area contributed by atoms with Crippen molar-refractivity contribution in [2.45, 2.75) is 26.3 Å². The van der Waals surface area contributed by atoms with Gasteiger partial charge in [0.2, 0.25) is 0 Å². The number of hydrogen-bond acceptors (Lipinski definition) is 3. The van der Waals surface area contributed by atoms with Crippen LogP contribution in [0.15, 0.2) is 24.5 Å². The van der Waals surface area contributed by atoms with Crippen molar-refractivity contribution >= 4 is 17.4 Å². The first-order chi connectivity index (χ1) is 9.49. The van der Waals surface area contributed by atoms with Crippen LogP contribution in [0.5, 0.6) is 0 Å². The highest BCUT2D eigenvalue weighted by Gasteiger charge is 2.13. The molecule has 0 aliphatic rings. The van der Waals surface area contributed by atoms with Gasteiger partial charge in [-0.05, 0) is 23.6 Å². The summed E-state index contributed by atoms with van der Waals surface area (Å²) >= 11 is 6.05. The van der Waals surface area contributed by atoms with Gasteiger partial charge in [-0.25, -0.2) is 18.7 Å². The SMILES string of the molecule is CC(C)c1c(Cl)ncnc1NCc1ccc(F)c(F)c1. The molecule has 3 nitrogen and oxygen atoms in total. The molecular formula is C14H14ClF2N3. The van der Waals surface area contributed by atoms with E-state index >= 15 is 0 Å². The van der Waals surface area contributed by atoms with Crippen molar-refractivity contribution < 1.29 is 8.78 Å². The molecule has 0 saturated heterocycles. The first kappa shape index (κ1) is 14.7. The van der Waals surface area contributed by atoms with Crippen LogP contribution in [-0.4, -0.2) is 9.97 Å². The van der Waals surface area contributed by atoms with Crippen molar-refractivity contribution in [2.75, 3.05) is 5.32 Å². The van der Waals surface area contributed by atoms with Crippen molar-refractivity contribution in [1.82, 2.24) is 9.97 Å². The zero-order valence-corrected chi connectivity index (χ0v) is 11.9. The van der Waals surface area contributed by atoms with E-state index < -0.39 is 11.6 Å². The summed E-state index contributed by atoms with van der Waals surface area (Å²) in [5.41, 5.74) is 1.42. The summed E-state index contributed by atoms with van der Waals surface area (Å²) < 4.78 is 26.0. The van der Waals surface area contributed by atoms with E-state index in [0.29, 0.717) is 23.1 Å². The molecule has 0 amide bonds. The minimum Gasteiger partial charge on any atom is -0.366 e. The highest BCUT2D eigenvalue weighted by molar-refractivity contribution is 6.30. The second-order valence-corrected chi connectivity index (χ2v) is 5.04. The third-order valence-electron chi connectivity index (χ3n) is 2.86. The van der Waals surface area contributed by atoms with Gasteiger partial charge in [0.05, 0.1) is 0 Å². The van der Waals surface area contributed by atoms with Crippen LogP contribution in [0.3, 0.4) is 0 Å². The molecule has 0 fully saturated rings. The van der Waals surface area contributed by atoms with Crippen molar-refractivity contribution in [3.05, 3.63) is 52.4 Å². The normalized spacial score (nSPS) is 10.9. The second-order valence-electron chi connectivity index (χ2n) is 4.68. The van der Waals surface area contributed by atoms with Crippen molar-refractivity contribution in [3.8, 4) is 0 Å². The average molecular weight is 298 g/mol. The van der Waals surface area contributed by atoms with Gasteiger partial charge in [-0.2, -0.15) is 0 Å². The fourth-order valence-corrected chi connectivity index (χ4v) is 2.21. The predicted octanol–water partition coefficient (Wildman–Crippen LogP) is 4.14. The summed E-state index contributed by atoms with van der Waals surface area (Å²) in [4.78, 5) is 8.09.